The molecular weight excluding hydrogens is 838 g/mol. The minimum atomic E-state index is -3.44. The van der Waals surface area contributed by atoms with Gasteiger partial charge >= 0.3 is 0 Å². The zero-order valence-electron chi connectivity index (χ0n) is 34.3. The molecule has 2 aromatic carbocycles. The fraction of sp³-hybridized carbons (Fsp3) is 0.209. The highest BCUT2D eigenvalue weighted by molar-refractivity contribution is 7.91. The Morgan fingerprint density at radius 3 is 1.56 bits per heavy atom. The lowest BCUT2D eigenvalue weighted by atomic mass is 10.1. The van der Waals surface area contributed by atoms with Gasteiger partial charge in [-0.1, -0.05) is 48.0 Å². The highest BCUT2D eigenvalue weighted by Crippen LogP contribution is 2.35. The summed E-state index contributed by atoms with van der Waals surface area (Å²) in [5, 5.41) is 6.44. The van der Waals surface area contributed by atoms with Gasteiger partial charge in [0.05, 0.1) is 68.1 Å². The van der Waals surface area contributed by atoms with Crippen molar-refractivity contribution in [1.29, 1.82) is 0 Å². The van der Waals surface area contributed by atoms with E-state index in [2.05, 4.69) is 25.6 Å². The third-order valence-electron chi connectivity index (χ3n) is 9.44. The molecule has 6 heterocycles. The average molecular weight is 882 g/mol. The number of pyridine rings is 4. The Morgan fingerprint density at radius 2 is 1.08 bits per heavy atom. The van der Waals surface area contributed by atoms with Crippen LogP contribution in [0.1, 0.15) is 54.9 Å². The van der Waals surface area contributed by atoms with Gasteiger partial charge in [0.2, 0.25) is 0 Å². The number of para-hydroxylation sites is 2. The van der Waals surface area contributed by atoms with Crippen LogP contribution in [0, 0.1) is 13.8 Å². The Morgan fingerprint density at radius 1 is 0.607 bits per heavy atom. The van der Waals surface area contributed by atoms with E-state index in [1.165, 1.54) is 17.0 Å². The Hall–Kier alpha value is -6.43. The number of nitrogens with two attached hydrogens (primary N) is 1. The van der Waals surface area contributed by atoms with E-state index >= 15 is 0 Å². The van der Waals surface area contributed by atoms with Crippen molar-refractivity contribution in [3.05, 3.63) is 148 Å². The highest BCUT2D eigenvalue weighted by Gasteiger charge is 2.31. The molecule has 61 heavy (non-hydrogen) atoms. The molecule has 4 N–H and O–H groups in total. The molecule has 316 valence electrons. The number of nitrogens with one attached hydrogen (secondary N) is 2. The lowest BCUT2D eigenvalue weighted by Crippen LogP contribution is -2.18. The van der Waals surface area contributed by atoms with E-state index in [4.69, 9.17) is 22.3 Å². The molecule has 0 spiro atoms. The van der Waals surface area contributed by atoms with E-state index in [1.54, 1.807) is 73.6 Å². The molecule has 2 aliphatic rings. The summed E-state index contributed by atoms with van der Waals surface area (Å²) >= 11 is 6.02. The summed E-state index contributed by atoms with van der Waals surface area (Å²) in [5.41, 5.74) is 12.8. The zero-order valence-corrected chi connectivity index (χ0v) is 36.7. The first-order valence-electron chi connectivity index (χ1n) is 18.8. The molecular formula is C43H44ClN9O6S2. The van der Waals surface area contributed by atoms with Gasteiger partial charge in [-0.15, -0.1) is 0 Å². The Kier molecular flexibility index (Phi) is 13.1. The van der Waals surface area contributed by atoms with Crippen molar-refractivity contribution in [2.24, 2.45) is 0 Å². The second-order valence-corrected chi connectivity index (χ2v) is 18.9. The Bertz CT molecular complexity index is 2880. The molecule has 0 radical (unpaired) electrons. The standard InChI is InChI=1S/C22H22N4O3S.C15H14ClN3O3S.C6H8N2/c1-14-7-6-8-15(23-14)11-16-12-18(21-19(24-16)13-26(2)22(21)27)25-17-9-4-5-10-20(17)30(3,28)29;1-19-8-11-14(15(19)20)10(7-13(16)18-11)17-9-5-3-4-6-12(9)23(2,21)22;1-5-3-2-4-6(7)8-5/h4-10,12H,11,13H2,1-3H3,(H,24,25);3-7H,8H2,1-2H3,(H,17,18);2-4H,1H3,(H2,7,8). The number of carbonyl (C=O) groups is 2. The number of amides is 2. The summed E-state index contributed by atoms with van der Waals surface area (Å²) < 4.78 is 48.2. The number of benzene rings is 2. The van der Waals surface area contributed by atoms with Gasteiger partial charge in [-0.3, -0.25) is 19.6 Å². The number of aryl methyl sites for hydroxylation is 2. The molecule has 15 nitrogen and oxygen atoms in total. The number of halogens is 1. The molecule has 2 amide bonds. The molecule has 0 bridgehead atoms. The molecule has 6 aromatic rings. The number of sulfone groups is 2. The van der Waals surface area contributed by atoms with Gasteiger partial charge in [-0.2, -0.15) is 0 Å². The van der Waals surface area contributed by atoms with Crippen LogP contribution in [-0.2, 0) is 39.2 Å². The summed E-state index contributed by atoms with van der Waals surface area (Å²) in [6, 6.07) is 27.9. The van der Waals surface area contributed by atoms with Crippen LogP contribution in [0.5, 0.6) is 0 Å². The molecule has 0 saturated heterocycles. The molecule has 4 aromatic heterocycles. The normalized spacial score (nSPS) is 13.1. The largest absolute Gasteiger partial charge is 0.384 e. The fourth-order valence-electron chi connectivity index (χ4n) is 6.71. The molecule has 18 heteroatoms. The molecule has 0 atom stereocenters. The lowest BCUT2D eigenvalue weighted by Gasteiger charge is -2.15. The van der Waals surface area contributed by atoms with Crippen LogP contribution in [0.15, 0.2) is 107 Å². The van der Waals surface area contributed by atoms with Crippen LogP contribution in [0.2, 0.25) is 5.15 Å². The molecule has 8 rings (SSSR count). The smallest absolute Gasteiger partial charge is 0.257 e. The number of nitrogen functional groups attached to an aromatic ring is 1. The number of aromatic nitrogens is 4. The summed E-state index contributed by atoms with van der Waals surface area (Å²) in [4.78, 5) is 45.8. The number of hydrogen-bond donors (Lipinski definition) is 3. The second-order valence-electron chi connectivity index (χ2n) is 14.6. The van der Waals surface area contributed by atoms with Gasteiger partial charge in [0, 0.05) is 55.8 Å². The summed E-state index contributed by atoms with van der Waals surface area (Å²) in [5.74, 6) is 0.269. The predicted molar refractivity (Wildman–Crippen MR) is 236 cm³/mol. The monoisotopic (exact) mass is 881 g/mol. The number of carbonyl (C=O) groups excluding carboxylic acids is 2. The van der Waals surface area contributed by atoms with Crippen LogP contribution in [0.3, 0.4) is 0 Å². The summed E-state index contributed by atoms with van der Waals surface area (Å²) in [7, 11) is -3.45. The van der Waals surface area contributed by atoms with Crippen molar-refractivity contribution in [1.82, 2.24) is 29.7 Å². The fourth-order valence-corrected chi connectivity index (χ4v) is 8.61. The van der Waals surface area contributed by atoms with E-state index in [9.17, 15) is 26.4 Å². The van der Waals surface area contributed by atoms with Crippen molar-refractivity contribution in [3.8, 4) is 0 Å². The van der Waals surface area contributed by atoms with Crippen molar-refractivity contribution in [2.45, 2.75) is 43.1 Å². The highest BCUT2D eigenvalue weighted by atomic mass is 35.5. The maximum absolute atomic E-state index is 12.7. The summed E-state index contributed by atoms with van der Waals surface area (Å²) in [6.07, 6.45) is 2.81. The van der Waals surface area contributed by atoms with Crippen LogP contribution < -0.4 is 16.4 Å². The topological polar surface area (TPSA) is 211 Å². The van der Waals surface area contributed by atoms with Crippen LogP contribution in [0.25, 0.3) is 0 Å². The third-order valence-corrected chi connectivity index (χ3v) is 11.9. The van der Waals surface area contributed by atoms with Gasteiger partial charge in [0.1, 0.15) is 11.0 Å². The average Bonchev–Trinajstić information content (AvgIpc) is 3.63. The zero-order chi connectivity index (χ0) is 44.2. The minimum Gasteiger partial charge on any atom is -0.384 e. The Labute approximate surface area is 359 Å². The van der Waals surface area contributed by atoms with Gasteiger partial charge in [0.25, 0.3) is 11.8 Å². The molecule has 0 aliphatic carbocycles. The van der Waals surface area contributed by atoms with Crippen LogP contribution >= 0.6 is 11.6 Å². The van der Waals surface area contributed by atoms with E-state index in [-0.39, 0.29) is 26.8 Å². The first-order valence-corrected chi connectivity index (χ1v) is 22.9. The van der Waals surface area contributed by atoms with Crippen molar-refractivity contribution in [2.75, 3.05) is 43.0 Å². The first-order chi connectivity index (χ1) is 28.8. The van der Waals surface area contributed by atoms with Gasteiger partial charge in [-0.25, -0.2) is 26.8 Å². The molecule has 0 fully saturated rings. The van der Waals surface area contributed by atoms with E-state index in [0.29, 0.717) is 70.6 Å². The van der Waals surface area contributed by atoms with E-state index in [1.807, 2.05) is 44.2 Å². The van der Waals surface area contributed by atoms with Gasteiger partial charge in [0.15, 0.2) is 19.7 Å². The van der Waals surface area contributed by atoms with Crippen molar-refractivity contribution < 1.29 is 26.4 Å². The number of rotatable bonds is 8. The lowest BCUT2D eigenvalue weighted by molar-refractivity contribution is 0.0809. The van der Waals surface area contributed by atoms with E-state index < -0.39 is 19.7 Å². The SMILES string of the molecule is CN1Cc2nc(Cl)cc(Nc3ccccc3S(C)(=O)=O)c2C1=O.Cc1cccc(Cc2cc(Nc3ccccc3S(C)(=O)=O)c3c(n2)CN(C)C3=O)n1.Cc1cccc(N)n1. The maximum Gasteiger partial charge on any atom is 0.257 e. The van der Waals surface area contributed by atoms with Crippen molar-refractivity contribution in [3.63, 3.8) is 0 Å². The number of anilines is 5. The minimum absolute atomic E-state index is 0.142. The van der Waals surface area contributed by atoms with Gasteiger partial charge < -0.3 is 26.2 Å². The third kappa shape index (κ3) is 10.7. The first kappa shape index (κ1) is 44.1. The quantitative estimate of drug-likeness (QED) is 0.139. The van der Waals surface area contributed by atoms with Crippen molar-refractivity contribution >= 4 is 71.7 Å². The van der Waals surface area contributed by atoms with Gasteiger partial charge in [-0.05, 0) is 74.5 Å². The van der Waals surface area contributed by atoms with Crippen LogP contribution in [-0.4, -0.2) is 85.0 Å². The predicted octanol–water partition coefficient (Wildman–Crippen LogP) is 6.55. The summed E-state index contributed by atoms with van der Waals surface area (Å²) in [6.45, 7) is 4.63. The molecule has 0 saturated carbocycles. The maximum atomic E-state index is 12.7. The number of nitrogens with zero attached hydrogens (tertiary/aromatic N) is 6. The molecule has 0 unspecified atom stereocenters. The molecule has 2 aliphatic heterocycles. The number of hydrogen-bond acceptors (Lipinski definition) is 13. The number of fused-ring (bicyclic) bond motifs is 2. The Balaban J connectivity index is 0.000000177. The van der Waals surface area contributed by atoms with E-state index in [0.717, 1.165) is 35.3 Å². The second kappa shape index (κ2) is 18.0. The van der Waals surface area contributed by atoms with Crippen LogP contribution in [0.4, 0.5) is 28.6 Å².